The van der Waals surface area contributed by atoms with Crippen LogP contribution in [-0.4, -0.2) is 36.3 Å². The molecule has 1 aromatic rings. The van der Waals surface area contributed by atoms with Gasteiger partial charge < -0.3 is 15.4 Å². The highest BCUT2D eigenvalue weighted by Crippen LogP contribution is 2.19. The van der Waals surface area contributed by atoms with E-state index in [9.17, 15) is 0 Å². The van der Waals surface area contributed by atoms with Gasteiger partial charge in [0.2, 0.25) is 0 Å². The molecule has 21 heavy (non-hydrogen) atoms. The molecule has 0 atom stereocenters. The van der Waals surface area contributed by atoms with Crippen molar-refractivity contribution in [2.45, 2.75) is 47.5 Å². The van der Waals surface area contributed by atoms with E-state index in [0.717, 1.165) is 55.6 Å². The van der Waals surface area contributed by atoms with Gasteiger partial charge in [0.1, 0.15) is 17.5 Å². The van der Waals surface area contributed by atoms with Crippen LogP contribution in [0.1, 0.15) is 45.0 Å². The van der Waals surface area contributed by atoms with Gasteiger partial charge in [0.15, 0.2) is 0 Å². The van der Waals surface area contributed by atoms with E-state index in [1.807, 2.05) is 13.8 Å². The van der Waals surface area contributed by atoms with Gasteiger partial charge in [0, 0.05) is 25.3 Å². The van der Waals surface area contributed by atoms with E-state index in [1.165, 1.54) is 0 Å². The number of rotatable bonds is 10. The van der Waals surface area contributed by atoms with Gasteiger partial charge in [-0.25, -0.2) is 9.97 Å². The largest absolute Gasteiger partial charge is 0.380 e. The summed E-state index contributed by atoms with van der Waals surface area (Å²) < 4.78 is 5.61. The molecule has 1 aromatic heterocycles. The number of nitrogens with one attached hydrogen (secondary N) is 2. The van der Waals surface area contributed by atoms with Crippen LogP contribution >= 0.6 is 0 Å². The fourth-order valence-electron chi connectivity index (χ4n) is 1.88. The lowest BCUT2D eigenvalue weighted by Crippen LogP contribution is -2.15. The van der Waals surface area contributed by atoms with E-state index in [0.29, 0.717) is 12.5 Å². The van der Waals surface area contributed by atoms with E-state index in [2.05, 4.69) is 41.4 Å². The lowest BCUT2D eigenvalue weighted by atomic mass is 10.1. The van der Waals surface area contributed by atoms with Crippen molar-refractivity contribution >= 4 is 11.6 Å². The summed E-state index contributed by atoms with van der Waals surface area (Å²) in [5.74, 6) is 3.29. The Morgan fingerprint density at radius 2 is 1.62 bits per heavy atom. The zero-order valence-electron chi connectivity index (χ0n) is 14.1. The van der Waals surface area contributed by atoms with Crippen LogP contribution in [0.15, 0.2) is 0 Å². The first-order chi connectivity index (χ1) is 10.0. The van der Waals surface area contributed by atoms with E-state index >= 15 is 0 Å². The zero-order chi connectivity index (χ0) is 15.7. The van der Waals surface area contributed by atoms with Crippen LogP contribution in [0, 0.1) is 19.8 Å². The van der Waals surface area contributed by atoms with Crippen molar-refractivity contribution in [1.82, 2.24) is 9.97 Å². The normalized spacial score (nSPS) is 11.0. The highest BCUT2D eigenvalue weighted by Gasteiger charge is 2.08. The maximum absolute atomic E-state index is 5.61. The summed E-state index contributed by atoms with van der Waals surface area (Å²) in [5, 5.41) is 6.69. The molecule has 0 spiro atoms. The third kappa shape index (κ3) is 6.76. The predicted molar refractivity (Wildman–Crippen MR) is 89.1 cm³/mol. The van der Waals surface area contributed by atoms with Crippen molar-refractivity contribution in [3.05, 3.63) is 11.4 Å². The Bertz CT molecular complexity index is 421. The maximum Gasteiger partial charge on any atom is 0.134 e. The minimum absolute atomic E-state index is 0.692. The minimum Gasteiger partial charge on any atom is -0.380 e. The number of nitrogens with zero attached hydrogens (tertiary/aromatic N) is 2. The van der Waals surface area contributed by atoms with Crippen LogP contribution in [0.25, 0.3) is 0 Å². The molecule has 120 valence electrons. The first kappa shape index (κ1) is 17.7. The van der Waals surface area contributed by atoms with Gasteiger partial charge in [0.05, 0.1) is 6.61 Å². The molecule has 5 heteroatoms. The smallest absolute Gasteiger partial charge is 0.134 e. The topological polar surface area (TPSA) is 59.1 Å². The summed E-state index contributed by atoms with van der Waals surface area (Å²) in [5.41, 5.74) is 1.07. The molecule has 2 N–H and O–H groups in total. The number of hydrogen-bond donors (Lipinski definition) is 2. The number of anilines is 2. The SMILES string of the molecule is CCCNc1nc(C)nc(NCCOCCC(C)C)c1C. The van der Waals surface area contributed by atoms with Gasteiger partial charge in [-0.15, -0.1) is 0 Å². The van der Waals surface area contributed by atoms with Crippen LogP contribution in [0.5, 0.6) is 0 Å². The highest BCUT2D eigenvalue weighted by molar-refractivity contribution is 5.57. The van der Waals surface area contributed by atoms with Crippen LogP contribution in [0.3, 0.4) is 0 Å². The maximum atomic E-state index is 5.61. The first-order valence-electron chi connectivity index (χ1n) is 7.95. The number of hydrogen-bond acceptors (Lipinski definition) is 5. The molecule has 1 rings (SSSR count). The third-order valence-electron chi connectivity index (χ3n) is 3.18. The lowest BCUT2D eigenvalue weighted by molar-refractivity contribution is 0.132. The first-order valence-corrected chi connectivity index (χ1v) is 7.95. The van der Waals surface area contributed by atoms with Gasteiger partial charge in [-0.05, 0) is 32.6 Å². The van der Waals surface area contributed by atoms with Crippen LogP contribution in [-0.2, 0) is 4.74 Å². The van der Waals surface area contributed by atoms with Crippen molar-refractivity contribution in [2.75, 3.05) is 36.9 Å². The van der Waals surface area contributed by atoms with Gasteiger partial charge in [-0.3, -0.25) is 0 Å². The van der Waals surface area contributed by atoms with Gasteiger partial charge >= 0.3 is 0 Å². The molecule has 0 aliphatic heterocycles. The fourth-order valence-corrected chi connectivity index (χ4v) is 1.88. The Balaban J connectivity index is 2.45. The Morgan fingerprint density at radius 1 is 1.00 bits per heavy atom. The van der Waals surface area contributed by atoms with E-state index in [-0.39, 0.29) is 0 Å². The molecule has 0 fully saturated rings. The van der Waals surface area contributed by atoms with E-state index in [1.54, 1.807) is 0 Å². The lowest BCUT2D eigenvalue weighted by Gasteiger charge is -2.14. The van der Waals surface area contributed by atoms with Gasteiger partial charge in [-0.1, -0.05) is 20.8 Å². The standard InChI is InChI=1S/C16H30N4O/c1-6-8-17-15-13(4)16(20-14(5)19-15)18-9-11-21-10-7-12(2)3/h12H,6-11H2,1-5H3,(H2,17,18,19,20). The summed E-state index contributed by atoms with van der Waals surface area (Å²) in [6.07, 6.45) is 2.19. The molecule has 0 radical (unpaired) electrons. The highest BCUT2D eigenvalue weighted by atomic mass is 16.5. The van der Waals surface area contributed by atoms with Crippen LogP contribution in [0.4, 0.5) is 11.6 Å². The second kappa shape index (κ2) is 9.55. The quantitative estimate of drug-likeness (QED) is 0.648. The molecule has 0 aliphatic carbocycles. The van der Waals surface area contributed by atoms with Crippen molar-refractivity contribution < 1.29 is 4.74 Å². The summed E-state index contributed by atoms with van der Waals surface area (Å²) in [4.78, 5) is 8.92. The molecular formula is C16H30N4O. The average molecular weight is 294 g/mol. The van der Waals surface area contributed by atoms with E-state index in [4.69, 9.17) is 4.74 Å². The van der Waals surface area contributed by atoms with E-state index < -0.39 is 0 Å². The van der Waals surface area contributed by atoms with Crippen molar-refractivity contribution in [2.24, 2.45) is 5.92 Å². The Labute approximate surface area is 128 Å². The van der Waals surface area contributed by atoms with Crippen molar-refractivity contribution in [3.63, 3.8) is 0 Å². The number of aryl methyl sites for hydroxylation is 1. The second-order valence-electron chi connectivity index (χ2n) is 5.74. The van der Waals surface area contributed by atoms with Crippen molar-refractivity contribution in [1.29, 1.82) is 0 Å². The monoisotopic (exact) mass is 294 g/mol. The van der Waals surface area contributed by atoms with Crippen molar-refractivity contribution in [3.8, 4) is 0 Å². The van der Waals surface area contributed by atoms with Crippen LogP contribution in [0.2, 0.25) is 0 Å². The summed E-state index contributed by atoms with van der Waals surface area (Å²) >= 11 is 0. The molecule has 0 amide bonds. The molecule has 0 saturated carbocycles. The molecule has 0 aromatic carbocycles. The third-order valence-corrected chi connectivity index (χ3v) is 3.18. The number of aromatic nitrogens is 2. The minimum atomic E-state index is 0.692. The average Bonchev–Trinajstić information content (AvgIpc) is 2.43. The molecule has 0 bridgehead atoms. The Hall–Kier alpha value is -1.36. The summed E-state index contributed by atoms with van der Waals surface area (Å²) in [6.45, 7) is 13.7. The Morgan fingerprint density at radius 3 is 2.19 bits per heavy atom. The fraction of sp³-hybridized carbons (Fsp3) is 0.750. The molecule has 0 aliphatic rings. The summed E-state index contributed by atoms with van der Waals surface area (Å²) in [7, 11) is 0. The molecule has 1 heterocycles. The molecule has 0 unspecified atom stereocenters. The second-order valence-corrected chi connectivity index (χ2v) is 5.74. The van der Waals surface area contributed by atoms with Gasteiger partial charge in [0.25, 0.3) is 0 Å². The predicted octanol–water partition coefficient (Wildman–Crippen LogP) is 3.39. The zero-order valence-corrected chi connectivity index (χ0v) is 14.1. The molecule has 5 nitrogen and oxygen atoms in total. The molecule has 0 saturated heterocycles. The van der Waals surface area contributed by atoms with Gasteiger partial charge in [-0.2, -0.15) is 0 Å². The molecular weight excluding hydrogens is 264 g/mol. The summed E-state index contributed by atoms with van der Waals surface area (Å²) in [6, 6.07) is 0. The van der Waals surface area contributed by atoms with Crippen LogP contribution < -0.4 is 10.6 Å². The number of ether oxygens (including phenoxy) is 1. The Kier molecular flexibility index (Phi) is 8.05.